The van der Waals surface area contributed by atoms with Crippen LogP contribution in [0.1, 0.15) is 42.9 Å². The Morgan fingerprint density at radius 1 is 1.38 bits per heavy atom. The maximum Gasteiger partial charge on any atom is 0.0821 e. The fraction of sp³-hybridized carbons (Fsp3) is 0.467. The molecule has 0 aromatic heterocycles. The molecule has 2 rings (SSSR count). The number of fused-ring (bicyclic) bond motifs is 1. The highest BCUT2D eigenvalue weighted by Crippen LogP contribution is 2.35. The van der Waals surface area contributed by atoms with Gasteiger partial charge in [0.25, 0.3) is 0 Å². The Bertz CT molecular complexity index is 389. The predicted octanol–water partition coefficient (Wildman–Crippen LogP) is 3.09. The van der Waals surface area contributed by atoms with Crippen molar-refractivity contribution in [3.8, 4) is 12.3 Å². The van der Waals surface area contributed by atoms with Gasteiger partial charge in [0.1, 0.15) is 0 Å². The predicted molar refractivity (Wildman–Crippen MR) is 65.9 cm³/mol. The number of aryl methyl sites for hydroxylation is 1. The molecule has 1 N–H and O–H groups in total. The summed E-state index contributed by atoms with van der Waals surface area (Å²) in [5.41, 5.74) is 2.42. The van der Waals surface area contributed by atoms with Gasteiger partial charge in [-0.3, -0.25) is 0 Å². The summed E-state index contributed by atoms with van der Waals surface area (Å²) in [7, 11) is 0. The van der Waals surface area contributed by atoms with Crippen LogP contribution in [0.25, 0.3) is 0 Å². The normalized spacial score (nSPS) is 24.2. The highest BCUT2D eigenvalue weighted by molar-refractivity contribution is 5.30. The van der Waals surface area contributed by atoms with Crippen LogP contribution in [0.3, 0.4) is 0 Å². The van der Waals surface area contributed by atoms with Gasteiger partial charge in [0, 0.05) is 6.42 Å². The van der Waals surface area contributed by atoms with Crippen molar-refractivity contribution in [2.45, 2.75) is 38.2 Å². The average molecular weight is 214 g/mol. The molecule has 2 atom stereocenters. The lowest BCUT2D eigenvalue weighted by Gasteiger charge is -2.20. The molecule has 1 aromatic rings. The van der Waals surface area contributed by atoms with E-state index in [1.165, 1.54) is 5.56 Å². The van der Waals surface area contributed by atoms with Crippen LogP contribution in [0.2, 0.25) is 0 Å². The van der Waals surface area contributed by atoms with E-state index in [2.05, 4.69) is 12.0 Å². The number of hydrogen-bond donors (Lipinski definition) is 1. The van der Waals surface area contributed by atoms with Crippen molar-refractivity contribution in [3.63, 3.8) is 0 Å². The third kappa shape index (κ3) is 2.28. The third-order valence-electron chi connectivity index (χ3n) is 3.50. The van der Waals surface area contributed by atoms with Crippen LogP contribution in [0, 0.1) is 18.3 Å². The molecule has 0 fully saturated rings. The van der Waals surface area contributed by atoms with Gasteiger partial charge >= 0.3 is 0 Å². The fourth-order valence-corrected chi connectivity index (χ4v) is 2.59. The maximum absolute atomic E-state index is 10.4. The fourth-order valence-electron chi connectivity index (χ4n) is 2.59. The summed E-state index contributed by atoms with van der Waals surface area (Å²) in [5.74, 6) is 3.00. The zero-order chi connectivity index (χ0) is 11.4. The molecule has 2 unspecified atom stereocenters. The zero-order valence-corrected chi connectivity index (χ0v) is 9.52. The summed E-state index contributed by atoms with van der Waals surface area (Å²) in [5, 5.41) is 10.4. The third-order valence-corrected chi connectivity index (χ3v) is 3.50. The van der Waals surface area contributed by atoms with Gasteiger partial charge in [0.15, 0.2) is 0 Å². The molecule has 84 valence electrons. The summed E-state index contributed by atoms with van der Waals surface area (Å²) >= 11 is 0. The van der Waals surface area contributed by atoms with E-state index < -0.39 is 0 Å². The number of aliphatic hydroxyl groups is 1. The summed E-state index contributed by atoms with van der Waals surface area (Å²) in [4.78, 5) is 0. The van der Waals surface area contributed by atoms with Crippen LogP contribution in [0.5, 0.6) is 0 Å². The van der Waals surface area contributed by atoms with Crippen molar-refractivity contribution in [1.29, 1.82) is 0 Å². The van der Waals surface area contributed by atoms with Crippen molar-refractivity contribution in [2.75, 3.05) is 0 Å². The van der Waals surface area contributed by atoms with Crippen molar-refractivity contribution >= 4 is 0 Å². The van der Waals surface area contributed by atoms with E-state index in [1.807, 2.05) is 18.2 Å². The Balaban J connectivity index is 2.20. The zero-order valence-electron chi connectivity index (χ0n) is 9.52. The smallest absolute Gasteiger partial charge is 0.0821 e. The Morgan fingerprint density at radius 3 is 3.00 bits per heavy atom. The standard InChI is InChI=1S/C15H18O/c1-2-3-7-13-10-6-9-12-8-4-5-11-14(12)15(13)16/h1,4-5,8,11,13,15-16H,3,6-7,9-10H2. The summed E-state index contributed by atoms with van der Waals surface area (Å²) < 4.78 is 0. The first-order valence-corrected chi connectivity index (χ1v) is 6.02. The van der Waals surface area contributed by atoms with Crippen molar-refractivity contribution in [3.05, 3.63) is 35.4 Å². The van der Waals surface area contributed by atoms with E-state index in [-0.39, 0.29) is 6.10 Å². The second-order valence-electron chi connectivity index (χ2n) is 4.54. The second kappa shape index (κ2) is 5.18. The van der Waals surface area contributed by atoms with Crippen LogP contribution in [-0.4, -0.2) is 5.11 Å². The minimum absolute atomic E-state index is 0.327. The van der Waals surface area contributed by atoms with Gasteiger partial charge in [-0.25, -0.2) is 0 Å². The first-order chi connectivity index (χ1) is 7.83. The minimum Gasteiger partial charge on any atom is -0.388 e. The monoisotopic (exact) mass is 214 g/mol. The lowest BCUT2D eigenvalue weighted by Crippen LogP contribution is -2.11. The summed E-state index contributed by atoms with van der Waals surface area (Å²) in [6.45, 7) is 0. The molecule has 0 heterocycles. The summed E-state index contributed by atoms with van der Waals surface area (Å²) in [6.07, 6.45) is 9.99. The molecule has 1 aliphatic rings. The molecule has 1 heteroatoms. The largest absolute Gasteiger partial charge is 0.388 e. The number of benzene rings is 1. The van der Waals surface area contributed by atoms with Crippen LogP contribution >= 0.6 is 0 Å². The Labute approximate surface area is 97.5 Å². The highest BCUT2D eigenvalue weighted by atomic mass is 16.3. The van der Waals surface area contributed by atoms with E-state index in [1.54, 1.807) is 0 Å². The Kier molecular flexibility index (Phi) is 3.64. The lowest BCUT2D eigenvalue weighted by molar-refractivity contribution is 0.101. The van der Waals surface area contributed by atoms with E-state index in [0.717, 1.165) is 37.7 Å². The molecule has 16 heavy (non-hydrogen) atoms. The number of terminal acetylenes is 1. The number of rotatable bonds is 2. The topological polar surface area (TPSA) is 20.2 Å². The molecule has 0 saturated carbocycles. The average Bonchev–Trinajstić information content (AvgIpc) is 2.47. The molecule has 1 aliphatic carbocycles. The molecular weight excluding hydrogens is 196 g/mol. The van der Waals surface area contributed by atoms with E-state index >= 15 is 0 Å². The molecule has 0 amide bonds. The van der Waals surface area contributed by atoms with Crippen molar-refractivity contribution in [1.82, 2.24) is 0 Å². The van der Waals surface area contributed by atoms with E-state index in [0.29, 0.717) is 5.92 Å². The lowest BCUT2D eigenvalue weighted by atomic mass is 9.90. The van der Waals surface area contributed by atoms with Gasteiger partial charge in [-0.15, -0.1) is 12.3 Å². The molecule has 0 bridgehead atoms. The first kappa shape index (κ1) is 11.2. The van der Waals surface area contributed by atoms with E-state index in [4.69, 9.17) is 6.42 Å². The Hall–Kier alpha value is -1.26. The molecule has 1 nitrogen and oxygen atoms in total. The van der Waals surface area contributed by atoms with Gasteiger partial charge < -0.3 is 5.11 Å². The van der Waals surface area contributed by atoms with Gasteiger partial charge in [-0.2, -0.15) is 0 Å². The molecule has 0 saturated heterocycles. The van der Waals surface area contributed by atoms with Gasteiger partial charge in [-0.1, -0.05) is 24.3 Å². The van der Waals surface area contributed by atoms with Crippen LogP contribution in [0.15, 0.2) is 24.3 Å². The van der Waals surface area contributed by atoms with Gasteiger partial charge in [0.2, 0.25) is 0 Å². The van der Waals surface area contributed by atoms with E-state index in [9.17, 15) is 5.11 Å². The molecule has 0 radical (unpaired) electrons. The SMILES string of the molecule is C#CCCC1CCCc2ccccc2C1O. The van der Waals surface area contributed by atoms with Gasteiger partial charge in [0.05, 0.1) is 6.10 Å². The highest BCUT2D eigenvalue weighted by Gasteiger charge is 2.24. The molecule has 0 spiro atoms. The van der Waals surface area contributed by atoms with Crippen LogP contribution < -0.4 is 0 Å². The second-order valence-corrected chi connectivity index (χ2v) is 4.54. The Morgan fingerprint density at radius 2 is 2.19 bits per heavy atom. The molecular formula is C15H18O. The van der Waals surface area contributed by atoms with Crippen LogP contribution in [-0.2, 0) is 6.42 Å². The maximum atomic E-state index is 10.4. The van der Waals surface area contributed by atoms with Crippen molar-refractivity contribution < 1.29 is 5.11 Å². The van der Waals surface area contributed by atoms with Crippen LogP contribution in [0.4, 0.5) is 0 Å². The molecule has 0 aliphatic heterocycles. The minimum atomic E-state index is -0.327. The number of aliphatic hydroxyl groups excluding tert-OH is 1. The summed E-state index contributed by atoms with van der Waals surface area (Å²) in [6, 6.07) is 8.23. The number of hydrogen-bond acceptors (Lipinski definition) is 1. The first-order valence-electron chi connectivity index (χ1n) is 6.02. The van der Waals surface area contributed by atoms with Crippen molar-refractivity contribution in [2.24, 2.45) is 5.92 Å². The molecule has 1 aromatic carbocycles. The van der Waals surface area contributed by atoms with Gasteiger partial charge in [-0.05, 0) is 42.7 Å². The quantitative estimate of drug-likeness (QED) is 0.592.